The minimum atomic E-state index is -0.754. The molecule has 0 aliphatic heterocycles. The van der Waals surface area contributed by atoms with Gasteiger partial charge >= 0.3 is 5.97 Å². The van der Waals surface area contributed by atoms with Gasteiger partial charge in [0, 0.05) is 29.1 Å². The number of rotatable bonds is 5. The minimum absolute atomic E-state index is 0.330. The van der Waals surface area contributed by atoms with Gasteiger partial charge in [-0.3, -0.25) is 9.20 Å². The van der Waals surface area contributed by atoms with Gasteiger partial charge in [-0.05, 0) is 19.9 Å². The van der Waals surface area contributed by atoms with Gasteiger partial charge < -0.3 is 5.11 Å². The van der Waals surface area contributed by atoms with Gasteiger partial charge in [-0.25, -0.2) is 9.97 Å². The second-order valence-electron chi connectivity index (χ2n) is 4.70. The van der Waals surface area contributed by atoms with Crippen molar-refractivity contribution in [3.8, 4) is 0 Å². The van der Waals surface area contributed by atoms with Gasteiger partial charge in [-0.1, -0.05) is 6.92 Å². The van der Waals surface area contributed by atoms with Crippen molar-refractivity contribution in [3.63, 3.8) is 0 Å². The number of thioether (sulfide) groups is 1. The molecule has 0 amide bonds. The van der Waals surface area contributed by atoms with E-state index in [9.17, 15) is 4.79 Å². The number of imidazole rings is 1. The number of fused-ring (bicyclic) bond motifs is 1. The number of nitrogens with zero attached hydrogens (tertiary/aromatic N) is 3. The van der Waals surface area contributed by atoms with E-state index in [1.807, 2.05) is 30.5 Å². The Morgan fingerprint density at radius 1 is 1.47 bits per heavy atom. The van der Waals surface area contributed by atoms with Crippen LogP contribution in [0.5, 0.6) is 0 Å². The summed E-state index contributed by atoms with van der Waals surface area (Å²) in [6.45, 7) is 5.69. The molecule has 1 atom stereocenters. The van der Waals surface area contributed by atoms with Crippen molar-refractivity contribution in [1.29, 1.82) is 0 Å². The molecule has 0 saturated heterocycles. The maximum atomic E-state index is 10.7. The first-order valence-corrected chi connectivity index (χ1v) is 7.25. The maximum Gasteiger partial charge on any atom is 0.307 e. The highest BCUT2D eigenvalue weighted by molar-refractivity contribution is 7.98. The highest BCUT2D eigenvalue weighted by Gasteiger charge is 2.11. The molecular weight excluding hydrogens is 262 g/mol. The van der Waals surface area contributed by atoms with Crippen LogP contribution in [0.4, 0.5) is 0 Å². The molecule has 0 spiro atoms. The molecule has 5 nitrogen and oxygen atoms in total. The third-order valence-electron chi connectivity index (χ3n) is 2.85. The van der Waals surface area contributed by atoms with Crippen LogP contribution in [0.25, 0.3) is 5.78 Å². The Bertz CT molecular complexity index is 609. The van der Waals surface area contributed by atoms with Crippen LogP contribution in [0.15, 0.2) is 12.3 Å². The van der Waals surface area contributed by atoms with E-state index in [0.717, 1.165) is 17.1 Å². The average Bonchev–Trinajstić information content (AvgIpc) is 2.71. The van der Waals surface area contributed by atoms with Crippen LogP contribution < -0.4 is 0 Å². The maximum absolute atomic E-state index is 10.7. The molecule has 2 aromatic rings. The number of aryl methyl sites for hydroxylation is 2. The average molecular weight is 279 g/mol. The van der Waals surface area contributed by atoms with Gasteiger partial charge in [0.25, 0.3) is 0 Å². The van der Waals surface area contributed by atoms with Crippen LogP contribution in [-0.2, 0) is 10.5 Å². The Hall–Kier alpha value is -1.56. The largest absolute Gasteiger partial charge is 0.481 e. The summed E-state index contributed by atoms with van der Waals surface area (Å²) in [6.07, 6.45) is 1.97. The third-order valence-corrected chi connectivity index (χ3v) is 4.09. The second kappa shape index (κ2) is 5.61. The predicted molar refractivity (Wildman–Crippen MR) is 75.4 cm³/mol. The van der Waals surface area contributed by atoms with Gasteiger partial charge in [0.15, 0.2) is 0 Å². The first-order chi connectivity index (χ1) is 8.97. The highest BCUT2D eigenvalue weighted by Crippen LogP contribution is 2.16. The van der Waals surface area contributed by atoms with Crippen LogP contribution in [0, 0.1) is 19.8 Å². The van der Waals surface area contributed by atoms with E-state index in [0.29, 0.717) is 17.3 Å². The summed E-state index contributed by atoms with van der Waals surface area (Å²) in [4.78, 5) is 19.6. The lowest BCUT2D eigenvalue weighted by Crippen LogP contribution is -2.11. The summed E-state index contributed by atoms with van der Waals surface area (Å²) in [5, 5.41) is 8.82. The van der Waals surface area contributed by atoms with Gasteiger partial charge in [-0.2, -0.15) is 11.8 Å². The Balaban J connectivity index is 2.06. The van der Waals surface area contributed by atoms with E-state index in [2.05, 4.69) is 9.97 Å². The van der Waals surface area contributed by atoms with Crippen LogP contribution in [0.1, 0.15) is 24.0 Å². The molecule has 0 aliphatic carbocycles. The van der Waals surface area contributed by atoms with Crippen molar-refractivity contribution in [3.05, 3.63) is 29.3 Å². The lowest BCUT2D eigenvalue weighted by Gasteiger charge is -2.03. The predicted octanol–water partition coefficient (Wildman–Crippen LogP) is 2.30. The van der Waals surface area contributed by atoms with Crippen molar-refractivity contribution in [2.75, 3.05) is 5.75 Å². The van der Waals surface area contributed by atoms with Gasteiger partial charge in [-0.15, -0.1) is 0 Å². The molecule has 0 fully saturated rings. The van der Waals surface area contributed by atoms with Gasteiger partial charge in [0.1, 0.15) is 0 Å². The van der Waals surface area contributed by atoms with E-state index >= 15 is 0 Å². The zero-order chi connectivity index (χ0) is 14.0. The van der Waals surface area contributed by atoms with Crippen molar-refractivity contribution in [2.45, 2.75) is 26.5 Å². The standard InChI is InChI=1S/C13H17N3O2S/c1-8(12(17)18)6-19-7-11-5-16-10(3)4-9(2)14-13(16)15-11/h4-5,8H,6-7H2,1-3H3,(H,17,18). The molecule has 0 saturated carbocycles. The normalized spacial score (nSPS) is 12.8. The Morgan fingerprint density at radius 2 is 2.21 bits per heavy atom. The molecule has 2 heterocycles. The number of hydrogen-bond donors (Lipinski definition) is 1. The van der Waals surface area contributed by atoms with Crippen molar-refractivity contribution < 1.29 is 9.90 Å². The molecule has 2 aromatic heterocycles. The van der Waals surface area contributed by atoms with Crippen LogP contribution in [-0.4, -0.2) is 31.2 Å². The topological polar surface area (TPSA) is 67.5 Å². The second-order valence-corrected chi connectivity index (χ2v) is 5.73. The number of carboxylic acids is 1. The number of aliphatic carboxylic acids is 1. The molecule has 1 unspecified atom stereocenters. The first-order valence-electron chi connectivity index (χ1n) is 6.10. The Labute approximate surface area is 116 Å². The Morgan fingerprint density at radius 3 is 2.89 bits per heavy atom. The van der Waals surface area contributed by atoms with Gasteiger partial charge in [0.05, 0.1) is 11.6 Å². The minimum Gasteiger partial charge on any atom is -0.481 e. The number of carbonyl (C=O) groups is 1. The van der Waals surface area contributed by atoms with E-state index in [4.69, 9.17) is 5.11 Å². The summed E-state index contributed by atoms with van der Waals surface area (Å²) in [7, 11) is 0. The fraction of sp³-hybridized carbons (Fsp3) is 0.462. The molecular formula is C13H17N3O2S. The fourth-order valence-corrected chi connectivity index (χ4v) is 2.76. The van der Waals surface area contributed by atoms with Crippen LogP contribution in [0.3, 0.4) is 0 Å². The third kappa shape index (κ3) is 3.26. The zero-order valence-corrected chi connectivity index (χ0v) is 12.1. The van der Waals surface area contributed by atoms with E-state index < -0.39 is 5.97 Å². The molecule has 0 bridgehead atoms. The quantitative estimate of drug-likeness (QED) is 0.909. The summed E-state index contributed by atoms with van der Waals surface area (Å²) < 4.78 is 1.96. The van der Waals surface area contributed by atoms with Gasteiger partial charge in [0.2, 0.25) is 5.78 Å². The van der Waals surface area contributed by atoms with E-state index in [-0.39, 0.29) is 5.92 Å². The molecule has 6 heteroatoms. The summed E-state index contributed by atoms with van der Waals surface area (Å²) in [6, 6.07) is 2.01. The highest BCUT2D eigenvalue weighted by atomic mass is 32.2. The van der Waals surface area contributed by atoms with E-state index in [1.165, 1.54) is 0 Å². The smallest absolute Gasteiger partial charge is 0.307 e. The lowest BCUT2D eigenvalue weighted by molar-refractivity contribution is -0.140. The molecule has 102 valence electrons. The SMILES string of the molecule is Cc1cc(C)n2cc(CSCC(C)C(=O)O)nc2n1. The summed E-state index contributed by atoms with van der Waals surface area (Å²) in [5.41, 5.74) is 2.99. The van der Waals surface area contributed by atoms with Crippen molar-refractivity contribution in [2.24, 2.45) is 5.92 Å². The number of hydrogen-bond acceptors (Lipinski definition) is 4. The van der Waals surface area contributed by atoms with E-state index in [1.54, 1.807) is 18.7 Å². The van der Waals surface area contributed by atoms with Crippen molar-refractivity contribution >= 4 is 23.5 Å². The zero-order valence-electron chi connectivity index (χ0n) is 11.3. The molecule has 2 rings (SSSR count). The van der Waals surface area contributed by atoms with Crippen LogP contribution >= 0.6 is 11.8 Å². The molecule has 0 radical (unpaired) electrons. The molecule has 1 N–H and O–H groups in total. The number of carboxylic acid groups (broad SMARTS) is 1. The summed E-state index contributed by atoms with van der Waals surface area (Å²) >= 11 is 1.58. The monoisotopic (exact) mass is 279 g/mol. The Kier molecular flexibility index (Phi) is 4.09. The number of aromatic nitrogens is 3. The molecule has 0 aliphatic rings. The summed E-state index contributed by atoms with van der Waals surface area (Å²) in [5.74, 6) is 0.924. The van der Waals surface area contributed by atoms with Crippen LogP contribution in [0.2, 0.25) is 0 Å². The lowest BCUT2D eigenvalue weighted by atomic mass is 10.2. The van der Waals surface area contributed by atoms with Crippen molar-refractivity contribution in [1.82, 2.24) is 14.4 Å². The molecule has 19 heavy (non-hydrogen) atoms. The molecule has 0 aromatic carbocycles. The fourth-order valence-electron chi connectivity index (χ4n) is 1.80. The first kappa shape index (κ1) is 13.9.